The first-order valence-electron chi connectivity index (χ1n) is 8.34. The average Bonchev–Trinajstić information content (AvgIpc) is 2.65. The van der Waals surface area contributed by atoms with E-state index in [1.807, 2.05) is 38.1 Å². The van der Waals surface area contributed by atoms with Crippen molar-refractivity contribution in [3.8, 4) is 0 Å². The van der Waals surface area contributed by atoms with Crippen LogP contribution in [0.2, 0.25) is 5.02 Å². The number of anilines is 2. The number of aryl methyl sites for hydroxylation is 2. The van der Waals surface area contributed by atoms with Crippen molar-refractivity contribution in [2.24, 2.45) is 0 Å². The quantitative estimate of drug-likeness (QED) is 0.680. The van der Waals surface area contributed by atoms with E-state index in [0.717, 1.165) is 11.1 Å². The highest BCUT2D eigenvalue weighted by Crippen LogP contribution is 2.20. The van der Waals surface area contributed by atoms with Crippen LogP contribution in [0.5, 0.6) is 0 Å². The normalized spacial score (nSPS) is 10.3. The molecule has 2 aromatic carbocycles. The number of halogens is 1. The zero-order valence-corrected chi connectivity index (χ0v) is 15.7. The van der Waals surface area contributed by atoms with E-state index >= 15 is 0 Å². The van der Waals surface area contributed by atoms with Crippen molar-refractivity contribution >= 4 is 34.8 Å². The van der Waals surface area contributed by atoms with Gasteiger partial charge in [-0.3, -0.25) is 14.6 Å². The molecule has 0 radical (unpaired) electrons. The molecular weight excluding hydrogens is 362 g/mol. The number of nitrogens with one attached hydrogen (secondary N) is 2. The lowest BCUT2D eigenvalue weighted by Crippen LogP contribution is -2.17. The van der Waals surface area contributed by atoms with Gasteiger partial charge in [0.25, 0.3) is 11.8 Å². The minimum atomic E-state index is -0.417. The predicted octanol–water partition coefficient (Wildman–Crippen LogP) is 4.86. The molecule has 0 spiro atoms. The summed E-state index contributed by atoms with van der Waals surface area (Å²) in [5.41, 5.74) is 3.70. The number of rotatable bonds is 4. The van der Waals surface area contributed by atoms with Crippen LogP contribution in [0.1, 0.15) is 32.0 Å². The molecule has 1 heterocycles. The van der Waals surface area contributed by atoms with E-state index in [9.17, 15) is 9.59 Å². The van der Waals surface area contributed by atoms with Crippen molar-refractivity contribution < 1.29 is 9.59 Å². The third-order valence-electron chi connectivity index (χ3n) is 3.96. The summed E-state index contributed by atoms with van der Waals surface area (Å²) in [4.78, 5) is 28.9. The Bertz CT molecular complexity index is 1020. The largest absolute Gasteiger partial charge is 0.322 e. The maximum absolute atomic E-state index is 12.5. The molecule has 136 valence electrons. The number of carbonyl (C=O) groups excluding carboxylic acids is 2. The maximum Gasteiger partial charge on any atom is 0.274 e. The summed E-state index contributed by atoms with van der Waals surface area (Å²) in [5, 5.41) is 6.11. The molecule has 0 fully saturated rings. The molecule has 3 rings (SSSR count). The highest BCUT2D eigenvalue weighted by Gasteiger charge is 2.13. The van der Waals surface area contributed by atoms with Crippen molar-refractivity contribution in [3.05, 3.63) is 88.2 Å². The van der Waals surface area contributed by atoms with Gasteiger partial charge in [-0.2, -0.15) is 0 Å². The van der Waals surface area contributed by atoms with E-state index in [-0.39, 0.29) is 11.6 Å². The second-order valence-corrected chi connectivity index (χ2v) is 6.58. The van der Waals surface area contributed by atoms with Gasteiger partial charge in [0, 0.05) is 28.2 Å². The summed E-state index contributed by atoms with van der Waals surface area (Å²) in [7, 11) is 0. The Balaban J connectivity index is 1.75. The zero-order chi connectivity index (χ0) is 19.4. The number of hydrogen-bond acceptors (Lipinski definition) is 3. The number of benzene rings is 2. The van der Waals surface area contributed by atoms with E-state index < -0.39 is 5.91 Å². The molecule has 2 amide bonds. The molecule has 0 bridgehead atoms. The van der Waals surface area contributed by atoms with Gasteiger partial charge in [0.15, 0.2) is 0 Å². The van der Waals surface area contributed by atoms with Crippen LogP contribution in [-0.2, 0) is 0 Å². The number of carbonyl (C=O) groups is 2. The van der Waals surface area contributed by atoms with Gasteiger partial charge >= 0.3 is 0 Å². The third kappa shape index (κ3) is 4.71. The predicted molar refractivity (Wildman–Crippen MR) is 108 cm³/mol. The molecule has 3 aromatic rings. The van der Waals surface area contributed by atoms with Crippen molar-refractivity contribution in [2.45, 2.75) is 13.8 Å². The SMILES string of the molecule is Cc1cccc(NC(=O)c2ccnc(C(=O)Nc3ccc(C)c(Cl)c3)c2)c1. The number of pyridine rings is 1. The van der Waals surface area contributed by atoms with Crippen LogP contribution in [0.25, 0.3) is 0 Å². The van der Waals surface area contributed by atoms with Gasteiger partial charge in [-0.1, -0.05) is 29.8 Å². The summed E-state index contributed by atoms with van der Waals surface area (Å²) >= 11 is 6.08. The number of nitrogens with zero attached hydrogens (tertiary/aromatic N) is 1. The molecule has 0 aliphatic carbocycles. The molecule has 2 N–H and O–H groups in total. The van der Waals surface area contributed by atoms with Crippen LogP contribution >= 0.6 is 11.6 Å². The molecule has 0 unspecified atom stereocenters. The minimum absolute atomic E-state index is 0.142. The second-order valence-electron chi connectivity index (χ2n) is 6.17. The number of aromatic nitrogens is 1. The molecule has 0 atom stereocenters. The molecule has 5 nitrogen and oxygen atoms in total. The smallest absolute Gasteiger partial charge is 0.274 e. The van der Waals surface area contributed by atoms with Gasteiger partial charge in [-0.05, 0) is 61.4 Å². The lowest BCUT2D eigenvalue weighted by molar-refractivity contribution is 0.102. The standard InChI is InChI=1S/C21H18ClN3O2/c1-13-4-3-5-16(10-13)24-20(26)15-8-9-23-19(11-15)21(27)25-17-7-6-14(2)18(22)12-17/h3-12H,1-2H3,(H,24,26)(H,25,27). The summed E-state index contributed by atoms with van der Waals surface area (Å²) in [5.74, 6) is -0.726. The summed E-state index contributed by atoms with van der Waals surface area (Å²) in [6, 6.07) is 15.7. The highest BCUT2D eigenvalue weighted by molar-refractivity contribution is 6.31. The summed E-state index contributed by atoms with van der Waals surface area (Å²) in [6.45, 7) is 3.83. The van der Waals surface area contributed by atoms with Crippen LogP contribution < -0.4 is 10.6 Å². The van der Waals surface area contributed by atoms with Gasteiger partial charge in [-0.25, -0.2) is 0 Å². The summed E-state index contributed by atoms with van der Waals surface area (Å²) in [6.07, 6.45) is 1.43. The lowest BCUT2D eigenvalue weighted by Gasteiger charge is -2.09. The Morgan fingerprint density at radius 1 is 0.889 bits per heavy atom. The first kappa shape index (κ1) is 18.6. The second kappa shape index (κ2) is 8.01. The van der Waals surface area contributed by atoms with Crippen molar-refractivity contribution in [1.82, 2.24) is 4.98 Å². The van der Waals surface area contributed by atoms with E-state index in [1.54, 1.807) is 24.3 Å². The Morgan fingerprint density at radius 3 is 2.37 bits per heavy atom. The first-order chi connectivity index (χ1) is 12.9. The van der Waals surface area contributed by atoms with E-state index in [2.05, 4.69) is 15.6 Å². The van der Waals surface area contributed by atoms with Gasteiger partial charge in [0.05, 0.1) is 0 Å². The van der Waals surface area contributed by atoms with Crippen LogP contribution in [0.4, 0.5) is 11.4 Å². The van der Waals surface area contributed by atoms with Crippen LogP contribution in [0.3, 0.4) is 0 Å². The van der Waals surface area contributed by atoms with Crippen LogP contribution in [0.15, 0.2) is 60.8 Å². The maximum atomic E-state index is 12.5. The van der Waals surface area contributed by atoms with E-state index in [4.69, 9.17) is 11.6 Å². The number of amides is 2. The fraction of sp³-hybridized carbons (Fsp3) is 0.0952. The van der Waals surface area contributed by atoms with Gasteiger partial charge in [-0.15, -0.1) is 0 Å². The van der Waals surface area contributed by atoms with Gasteiger partial charge in [0.1, 0.15) is 5.69 Å². The first-order valence-corrected chi connectivity index (χ1v) is 8.72. The molecule has 0 saturated heterocycles. The van der Waals surface area contributed by atoms with E-state index in [1.165, 1.54) is 12.3 Å². The third-order valence-corrected chi connectivity index (χ3v) is 4.37. The van der Waals surface area contributed by atoms with Crippen molar-refractivity contribution in [2.75, 3.05) is 10.6 Å². The van der Waals surface area contributed by atoms with Crippen LogP contribution in [0, 0.1) is 13.8 Å². The molecule has 0 aliphatic heterocycles. The molecule has 0 saturated carbocycles. The summed E-state index contributed by atoms with van der Waals surface area (Å²) < 4.78 is 0. The molecule has 1 aromatic heterocycles. The zero-order valence-electron chi connectivity index (χ0n) is 14.9. The van der Waals surface area contributed by atoms with E-state index in [0.29, 0.717) is 22.0 Å². The Morgan fingerprint density at radius 2 is 1.63 bits per heavy atom. The van der Waals surface area contributed by atoms with Crippen LogP contribution in [-0.4, -0.2) is 16.8 Å². The van der Waals surface area contributed by atoms with Gasteiger partial charge < -0.3 is 10.6 Å². The molecular formula is C21H18ClN3O2. The number of hydrogen-bond donors (Lipinski definition) is 2. The van der Waals surface area contributed by atoms with Crippen molar-refractivity contribution in [1.29, 1.82) is 0 Å². The molecule has 27 heavy (non-hydrogen) atoms. The lowest BCUT2D eigenvalue weighted by atomic mass is 10.1. The Labute approximate surface area is 162 Å². The fourth-order valence-corrected chi connectivity index (χ4v) is 2.67. The Kier molecular flexibility index (Phi) is 5.52. The molecule has 0 aliphatic rings. The Hall–Kier alpha value is -3.18. The average molecular weight is 380 g/mol. The minimum Gasteiger partial charge on any atom is -0.322 e. The van der Waals surface area contributed by atoms with Gasteiger partial charge in [0.2, 0.25) is 0 Å². The topological polar surface area (TPSA) is 71.1 Å². The monoisotopic (exact) mass is 379 g/mol. The fourth-order valence-electron chi connectivity index (χ4n) is 2.49. The molecule has 6 heteroatoms. The van der Waals surface area contributed by atoms with Crippen molar-refractivity contribution in [3.63, 3.8) is 0 Å². The highest BCUT2D eigenvalue weighted by atomic mass is 35.5.